The zero-order valence-electron chi connectivity index (χ0n) is 26.3. The first-order chi connectivity index (χ1) is 21.7. The molecule has 0 saturated heterocycles. The van der Waals surface area contributed by atoms with Gasteiger partial charge in [0.2, 0.25) is 0 Å². The lowest BCUT2D eigenvalue weighted by Crippen LogP contribution is -2.26. The highest BCUT2D eigenvalue weighted by Gasteiger charge is 2.36. The number of esters is 1. The van der Waals surface area contributed by atoms with E-state index in [-0.39, 0.29) is 5.97 Å². The Morgan fingerprint density at radius 3 is 1.48 bits per heavy atom. The Bertz CT molecular complexity index is 1230. The third kappa shape index (κ3) is 10.6. The van der Waals surface area contributed by atoms with E-state index < -0.39 is 4.75 Å². The standard InChI is InChI=1S/C40H48O3S/c1-34-26-28-38(29-27-34)42-31-18-7-5-3-2-4-6-8-19-32-43-39(41)30-33-44-40(35-20-12-9-13-21-35,36-22-14-10-15-23-36)37-24-16-11-17-25-37/h9-17,20-29H,2-8,18-19,30-33H2,1H3. The molecule has 0 bridgehead atoms. The summed E-state index contributed by atoms with van der Waals surface area (Å²) in [5.74, 6) is 1.54. The van der Waals surface area contributed by atoms with Crippen LogP contribution >= 0.6 is 11.8 Å². The molecule has 4 aromatic carbocycles. The molecule has 0 aliphatic rings. The molecule has 0 aromatic heterocycles. The first-order valence-electron chi connectivity index (χ1n) is 16.3. The summed E-state index contributed by atoms with van der Waals surface area (Å²) in [4.78, 5) is 12.7. The quantitative estimate of drug-likeness (QED) is 0.0568. The molecule has 0 saturated carbocycles. The van der Waals surface area contributed by atoms with Crippen molar-refractivity contribution in [1.82, 2.24) is 0 Å². The summed E-state index contributed by atoms with van der Waals surface area (Å²) in [6, 6.07) is 40.1. The van der Waals surface area contributed by atoms with Gasteiger partial charge in [-0.3, -0.25) is 4.79 Å². The number of ether oxygens (including phenoxy) is 2. The molecule has 4 heteroatoms. The minimum absolute atomic E-state index is 0.105. The number of hydrogen-bond acceptors (Lipinski definition) is 4. The number of carbonyl (C=O) groups excluding carboxylic acids is 1. The van der Waals surface area contributed by atoms with Crippen molar-refractivity contribution >= 4 is 17.7 Å². The zero-order valence-corrected chi connectivity index (χ0v) is 27.1. The van der Waals surface area contributed by atoms with Gasteiger partial charge in [0.15, 0.2) is 0 Å². The van der Waals surface area contributed by atoms with Crippen LogP contribution in [0.5, 0.6) is 5.75 Å². The van der Waals surface area contributed by atoms with Gasteiger partial charge in [-0.25, -0.2) is 0 Å². The lowest BCUT2D eigenvalue weighted by atomic mass is 9.84. The Morgan fingerprint density at radius 1 is 0.568 bits per heavy atom. The fourth-order valence-corrected chi connectivity index (χ4v) is 7.06. The van der Waals surface area contributed by atoms with E-state index in [0.29, 0.717) is 18.8 Å². The molecule has 0 N–H and O–H groups in total. The number of carbonyl (C=O) groups is 1. The molecule has 0 unspecified atom stereocenters. The van der Waals surface area contributed by atoms with Crippen molar-refractivity contribution in [2.24, 2.45) is 0 Å². The minimum atomic E-state index is -0.404. The van der Waals surface area contributed by atoms with Crippen molar-refractivity contribution in [3.05, 3.63) is 138 Å². The summed E-state index contributed by atoms with van der Waals surface area (Å²) in [6.45, 7) is 3.41. The summed E-state index contributed by atoms with van der Waals surface area (Å²) in [6.07, 6.45) is 11.1. The highest BCUT2D eigenvalue weighted by molar-refractivity contribution is 8.00. The third-order valence-electron chi connectivity index (χ3n) is 8.01. The third-order valence-corrected chi connectivity index (χ3v) is 9.56. The molecule has 0 atom stereocenters. The largest absolute Gasteiger partial charge is 0.494 e. The summed E-state index contributed by atoms with van der Waals surface area (Å²) < 4.78 is 11.0. The topological polar surface area (TPSA) is 35.5 Å². The Labute approximate surface area is 269 Å². The second-order valence-electron chi connectivity index (χ2n) is 11.4. The highest BCUT2D eigenvalue weighted by Crippen LogP contribution is 2.48. The van der Waals surface area contributed by atoms with E-state index in [4.69, 9.17) is 9.47 Å². The number of unbranched alkanes of at least 4 members (excludes halogenated alkanes) is 8. The lowest BCUT2D eigenvalue weighted by molar-refractivity contribution is -0.143. The van der Waals surface area contributed by atoms with Crippen molar-refractivity contribution in [1.29, 1.82) is 0 Å². The Hall–Kier alpha value is -3.50. The second-order valence-corrected chi connectivity index (χ2v) is 12.8. The smallest absolute Gasteiger partial charge is 0.306 e. The molecular weight excluding hydrogens is 561 g/mol. The van der Waals surface area contributed by atoms with Gasteiger partial charge in [0.25, 0.3) is 0 Å². The maximum Gasteiger partial charge on any atom is 0.306 e. The van der Waals surface area contributed by atoms with E-state index in [1.165, 1.54) is 60.8 Å². The molecule has 0 heterocycles. The van der Waals surface area contributed by atoms with Gasteiger partial charge in [-0.1, -0.05) is 154 Å². The van der Waals surface area contributed by atoms with Gasteiger partial charge in [-0.2, -0.15) is 0 Å². The maximum atomic E-state index is 12.7. The molecular formula is C40H48O3S. The van der Waals surface area contributed by atoms with Gasteiger partial charge in [0, 0.05) is 5.75 Å². The van der Waals surface area contributed by atoms with Crippen LogP contribution in [0, 0.1) is 6.92 Å². The van der Waals surface area contributed by atoms with Crippen LogP contribution in [0.3, 0.4) is 0 Å². The average molecular weight is 609 g/mol. The predicted molar refractivity (Wildman–Crippen MR) is 185 cm³/mol. The van der Waals surface area contributed by atoms with Crippen molar-refractivity contribution in [3.63, 3.8) is 0 Å². The fourth-order valence-electron chi connectivity index (χ4n) is 5.58. The summed E-state index contributed by atoms with van der Waals surface area (Å²) in [5.41, 5.74) is 4.89. The molecule has 44 heavy (non-hydrogen) atoms. The number of aryl methyl sites for hydroxylation is 1. The van der Waals surface area contributed by atoms with Crippen molar-refractivity contribution in [2.45, 2.75) is 75.9 Å². The predicted octanol–water partition coefficient (Wildman–Crippen LogP) is 10.5. The Kier molecular flexibility index (Phi) is 14.4. The minimum Gasteiger partial charge on any atom is -0.494 e. The summed E-state index contributed by atoms with van der Waals surface area (Å²) >= 11 is 1.81. The Morgan fingerprint density at radius 2 is 1.00 bits per heavy atom. The van der Waals surface area contributed by atoms with Crippen LogP contribution < -0.4 is 4.74 Å². The number of benzene rings is 4. The van der Waals surface area contributed by atoms with Gasteiger partial charge in [0.1, 0.15) is 5.75 Å². The molecule has 0 aliphatic heterocycles. The van der Waals surface area contributed by atoms with Gasteiger partial charge >= 0.3 is 5.97 Å². The molecule has 4 rings (SSSR count). The van der Waals surface area contributed by atoms with Crippen LogP contribution in [0.2, 0.25) is 0 Å². The Balaban J connectivity index is 1.10. The van der Waals surface area contributed by atoms with Gasteiger partial charge < -0.3 is 9.47 Å². The van der Waals surface area contributed by atoms with Crippen molar-refractivity contribution in [3.8, 4) is 5.75 Å². The van der Waals surface area contributed by atoms with Crippen LogP contribution in [-0.4, -0.2) is 24.9 Å². The molecule has 4 aromatic rings. The second kappa shape index (κ2) is 19.0. The van der Waals surface area contributed by atoms with E-state index in [0.717, 1.165) is 31.6 Å². The van der Waals surface area contributed by atoms with Crippen LogP contribution in [0.15, 0.2) is 115 Å². The van der Waals surface area contributed by atoms with E-state index in [1.54, 1.807) is 0 Å². The molecule has 0 aliphatic carbocycles. The van der Waals surface area contributed by atoms with E-state index in [1.807, 2.05) is 23.9 Å². The molecule has 0 radical (unpaired) electrons. The molecule has 3 nitrogen and oxygen atoms in total. The molecule has 0 fully saturated rings. The number of rotatable bonds is 20. The average Bonchev–Trinajstić information content (AvgIpc) is 3.07. The molecule has 0 amide bonds. The first kappa shape index (κ1) is 33.4. The van der Waals surface area contributed by atoms with Crippen molar-refractivity contribution in [2.75, 3.05) is 19.0 Å². The van der Waals surface area contributed by atoms with Gasteiger partial charge in [-0.15, -0.1) is 11.8 Å². The highest BCUT2D eigenvalue weighted by atomic mass is 32.2. The summed E-state index contributed by atoms with van der Waals surface area (Å²) in [7, 11) is 0. The van der Waals surface area contributed by atoms with Gasteiger partial charge in [-0.05, 0) is 48.6 Å². The van der Waals surface area contributed by atoms with E-state index >= 15 is 0 Å². The first-order valence-corrected chi connectivity index (χ1v) is 17.3. The maximum absolute atomic E-state index is 12.7. The summed E-state index contributed by atoms with van der Waals surface area (Å²) in [5, 5.41) is 0. The molecule has 0 spiro atoms. The monoisotopic (exact) mass is 608 g/mol. The van der Waals surface area contributed by atoms with Crippen LogP contribution in [-0.2, 0) is 14.3 Å². The van der Waals surface area contributed by atoms with Gasteiger partial charge in [0.05, 0.1) is 24.4 Å². The van der Waals surface area contributed by atoms with E-state index in [2.05, 4.69) is 110 Å². The lowest BCUT2D eigenvalue weighted by Gasteiger charge is -2.35. The van der Waals surface area contributed by atoms with Crippen LogP contribution in [0.25, 0.3) is 0 Å². The normalized spacial score (nSPS) is 11.3. The van der Waals surface area contributed by atoms with Crippen molar-refractivity contribution < 1.29 is 14.3 Å². The molecule has 232 valence electrons. The van der Waals surface area contributed by atoms with Crippen LogP contribution in [0.1, 0.15) is 86.5 Å². The van der Waals surface area contributed by atoms with Crippen LogP contribution in [0.4, 0.5) is 0 Å². The zero-order chi connectivity index (χ0) is 30.7. The SMILES string of the molecule is Cc1ccc(OCCCCCCCCCCCOC(=O)CCSC(c2ccccc2)(c2ccccc2)c2ccccc2)cc1. The van der Waals surface area contributed by atoms with E-state index in [9.17, 15) is 4.79 Å². The number of hydrogen-bond donors (Lipinski definition) is 0. The fraction of sp³-hybridized carbons (Fsp3) is 0.375. The number of thioether (sulfide) groups is 1.